The van der Waals surface area contributed by atoms with Crippen molar-refractivity contribution >= 4 is 43.7 Å². The molecule has 3 aromatic heterocycles. The van der Waals surface area contributed by atoms with Crippen LogP contribution in [0.4, 0.5) is 0 Å². The van der Waals surface area contributed by atoms with Gasteiger partial charge in [-0.2, -0.15) is 0 Å². The molecule has 0 radical (unpaired) electrons. The van der Waals surface area contributed by atoms with Gasteiger partial charge >= 0.3 is 0 Å². The molecule has 0 saturated heterocycles. The van der Waals surface area contributed by atoms with Crippen molar-refractivity contribution in [2.45, 2.75) is 0 Å². The summed E-state index contributed by atoms with van der Waals surface area (Å²) in [7, 11) is 0. The first-order valence-corrected chi connectivity index (χ1v) is 25.0. The van der Waals surface area contributed by atoms with Gasteiger partial charge in [-0.15, -0.1) is 0 Å². The van der Waals surface area contributed by atoms with Crippen molar-refractivity contribution in [1.82, 2.24) is 19.5 Å². The summed E-state index contributed by atoms with van der Waals surface area (Å²) in [6.45, 7) is 0. The van der Waals surface area contributed by atoms with Crippen molar-refractivity contribution in [2.24, 2.45) is 0 Å². The molecule has 0 aliphatic heterocycles. The van der Waals surface area contributed by atoms with Gasteiger partial charge in [0.25, 0.3) is 0 Å². The average molecular weight is 945 g/mol. The molecule has 0 fully saturated rings. The summed E-state index contributed by atoms with van der Waals surface area (Å²) in [6, 6.07) is 94.3. The van der Waals surface area contributed by atoms with Gasteiger partial charge in [0.05, 0.1) is 11.0 Å². The summed E-state index contributed by atoms with van der Waals surface area (Å²) in [5, 5.41) is 4.41. The van der Waals surface area contributed by atoms with E-state index < -0.39 is 0 Å². The lowest BCUT2D eigenvalue weighted by Crippen LogP contribution is -2.00. The topological polar surface area (TPSA) is 56.7 Å². The first-order chi connectivity index (χ1) is 36.6. The number of rotatable bonds is 9. The van der Waals surface area contributed by atoms with Crippen molar-refractivity contribution in [1.29, 1.82) is 0 Å². The van der Waals surface area contributed by atoms with Gasteiger partial charge in [0, 0.05) is 43.9 Å². The van der Waals surface area contributed by atoms with Crippen LogP contribution in [0, 0.1) is 0 Å². The van der Waals surface area contributed by atoms with Gasteiger partial charge in [-0.05, 0) is 122 Å². The Kier molecular flexibility index (Phi) is 10.4. The number of nitrogens with zero attached hydrogens (tertiary/aromatic N) is 4. The van der Waals surface area contributed by atoms with Crippen LogP contribution in [-0.4, -0.2) is 19.5 Å². The molecule has 0 N–H and O–H groups in total. The first kappa shape index (κ1) is 42.9. The molecular weight excluding hydrogens is 901 g/mol. The largest absolute Gasteiger partial charge is 0.456 e. The lowest BCUT2D eigenvalue weighted by Gasteiger charge is -2.14. The van der Waals surface area contributed by atoms with Crippen molar-refractivity contribution in [3.05, 3.63) is 267 Å². The molecule has 0 saturated carbocycles. The van der Waals surface area contributed by atoms with E-state index in [2.05, 4.69) is 247 Å². The van der Waals surface area contributed by atoms with Crippen molar-refractivity contribution in [3.8, 4) is 95.5 Å². The smallest absolute Gasteiger partial charge is 0.164 e. The van der Waals surface area contributed by atoms with Crippen LogP contribution in [0.3, 0.4) is 0 Å². The quantitative estimate of drug-likeness (QED) is 0.145. The molecule has 0 amide bonds. The Balaban J connectivity index is 0.841. The molecular formula is C69H44N4O. The molecule has 3 heterocycles. The maximum Gasteiger partial charge on any atom is 0.164 e. The normalized spacial score (nSPS) is 11.5. The van der Waals surface area contributed by atoms with E-state index in [0.29, 0.717) is 17.5 Å². The highest BCUT2D eigenvalue weighted by Gasteiger charge is 2.19. The van der Waals surface area contributed by atoms with E-state index in [1.165, 1.54) is 33.0 Å². The molecule has 11 aromatic carbocycles. The van der Waals surface area contributed by atoms with E-state index in [-0.39, 0.29) is 0 Å². The van der Waals surface area contributed by atoms with Crippen molar-refractivity contribution < 1.29 is 4.42 Å². The van der Waals surface area contributed by atoms with Crippen LogP contribution in [0.5, 0.6) is 0 Å². The Bertz CT molecular complexity index is 4220. The third-order valence-electron chi connectivity index (χ3n) is 14.3. The lowest BCUT2D eigenvalue weighted by atomic mass is 9.98. The summed E-state index contributed by atoms with van der Waals surface area (Å²) in [5.41, 5.74) is 19.2. The second-order valence-electron chi connectivity index (χ2n) is 18.8. The van der Waals surface area contributed by atoms with Crippen LogP contribution in [0.2, 0.25) is 0 Å². The van der Waals surface area contributed by atoms with Crippen LogP contribution < -0.4 is 0 Å². The van der Waals surface area contributed by atoms with E-state index in [1.54, 1.807) is 0 Å². The van der Waals surface area contributed by atoms with Gasteiger partial charge in [0.15, 0.2) is 17.5 Å². The van der Waals surface area contributed by atoms with Crippen LogP contribution in [0.1, 0.15) is 0 Å². The SMILES string of the molecule is c1ccc(-c2ccc(-c3nc(-c4ccc(-c5ccccc5)cc4)nc(-c4ccc5oc6cc(-c7ccc8c(c7)c7ccccc7n8-c7cc(-c8ccccc8)cc(-c8ccccc8)c7)ccc6c5c4)n3)cc2)cc1. The summed E-state index contributed by atoms with van der Waals surface area (Å²) in [4.78, 5) is 15.4. The molecule has 5 nitrogen and oxygen atoms in total. The number of aromatic nitrogens is 4. The van der Waals surface area contributed by atoms with Crippen LogP contribution >= 0.6 is 0 Å². The lowest BCUT2D eigenvalue weighted by molar-refractivity contribution is 0.669. The zero-order valence-electron chi connectivity index (χ0n) is 40.1. The molecule has 0 bridgehead atoms. The highest BCUT2D eigenvalue weighted by Crippen LogP contribution is 2.40. The van der Waals surface area contributed by atoms with Gasteiger partial charge < -0.3 is 8.98 Å². The molecule has 14 aromatic rings. The average Bonchev–Trinajstić information content (AvgIpc) is 4.04. The third kappa shape index (κ3) is 7.81. The predicted octanol–water partition coefficient (Wildman–Crippen LogP) is 18.2. The molecule has 5 heteroatoms. The second kappa shape index (κ2) is 18.0. The van der Waals surface area contributed by atoms with Gasteiger partial charge in [-0.3, -0.25) is 0 Å². The monoisotopic (exact) mass is 944 g/mol. The fraction of sp³-hybridized carbons (Fsp3) is 0. The standard InChI is InChI=1S/C69H44N4O/c1-5-15-45(16-6-1)49-25-29-51(30-26-49)67-70-68(52-31-27-50(28-32-52)46-17-7-2-8-18-46)72-69(71-67)55-35-38-65-62(43-55)60-36-33-54(44-66(60)74-65)53-34-37-64-61(42-53)59-23-13-14-24-63(59)73(64)58-40-56(47-19-9-3-10-20-47)39-57(41-58)48-21-11-4-12-22-48/h1-44H. The van der Waals surface area contributed by atoms with E-state index >= 15 is 0 Å². The van der Waals surface area contributed by atoms with Crippen LogP contribution in [0.25, 0.3) is 139 Å². The molecule has 0 spiro atoms. The number of para-hydroxylation sites is 1. The highest BCUT2D eigenvalue weighted by molar-refractivity contribution is 6.11. The molecule has 0 aliphatic rings. The van der Waals surface area contributed by atoms with E-state index in [0.717, 1.165) is 88.7 Å². The Morgan fingerprint density at radius 2 is 0.635 bits per heavy atom. The fourth-order valence-electron chi connectivity index (χ4n) is 10.5. The van der Waals surface area contributed by atoms with E-state index in [4.69, 9.17) is 19.4 Å². The van der Waals surface area contributed by atoms with E-state index in [9.17, 15) is 0 Å². The fourth-order valence-corrected chi connectivity index (χ4v) is 10.5. The molecule has 14 rings (SSSR count). The summed E-state index contributed by atoms with van der Waals surface area (Å²) < 4.78 is 9.06. The van der Waals surface area contributed by atoms with Gasteiger partial charge in [0.2, 0.25) is 0 Å². The maximum atomic E-state index is 6.64. The minimum atomic E-state index is 0.590. The molecule has 0 aliphatic carbocycles. The summed E-state index contributed by atoms with van der Waals surface area (Å²) >= 11 is 0. The number of benzene rings is 11. The molecule has 0 atom stereocenters. The van der Waals surface area contributed by atoms with Crippen LogP contribution in [0.15, 0.2) is 271 Å². The Labute approximate surface area is 428 Å². The Morgan fingerprint density at radius 1 is 0.230 bits per heavy atom. The molecule has 0 unspecified atom stereocenters. The predicted molar refractivity (Wildman–Crippen MR) is 305 cm³/mol. The minimum absolute atomic E-state index is 0.590. The Morgan fingerprint density at radius 3 is 1.20 bits per heavy atom. The summed E-state index contributed by atoms with van der Waals surface area (Å²) in [6.07, 6.45) is 0. The minimum Gasteiger partial charge on any atom is -0.456 e. The zero-order chi connectivity index (χ0) is 49.0. The number of furan rings is 1. The number of hydrogen-bond acceptors (Lipinski definition) is 4. The second-order valence-corrected chi connectivity index (χ2v) is 18.8. The zero-order valence-corrected chi connectivity index (χ0v) is 40.1. The Hall–Kier alpha value is -9.97. The summed E-state index contributed by atoms with van der Waals surface area (Å²) in [5.74, 6) is 1.81. The highest BCUT2D eigenvalue weighted by atomic mass is 16.3. The van der Waals surface area contributed by atoms with Crippen molar-refractivity contribution in [3.63, 3.8) is 0 Å². The number of fused-ring (bicyclic) bond motifs is 6. The third-order valence-corrected chi connectivity index (χ3v) is 14.3. The number of hydrogen-bond donors (Lipinski definition) is 0. The molecule has 74 heavy (non-hydrogen) atoms. The first-order valence-electron chi connectivity index (χ1n) is 25.0. The van der Waals surface area contributed by atoms with Gasteiger partial charge in [-0.25, -0.2) is 15.0 Å². The van der Waals surface area contributed by atoms with Crippen molar-refractivity contribution in [2.75, 3.05) is 0 Å². The van der Waals surface area contributed by atoms with Gasteiger partial charge in [-0.1, -0.05) is 200 Å². The maximum absolute atomic E-state index is 6.64. The van der Waals surface area contributed by atoms with Crippen LogP contribution in [-0.2, 0) is 0 Å². The van der Waals surface area contributed by atoms with Gasteiger partial charge in [0.1, 0.15) is 11.2 Å². The van der Waals surface area contributed by atoms with E-state index in [1.807, 2.05) is 24.3 Å². The molecule has 346 valence electrons.